The van der Waals surface area contributed by atoms with Gasteiger partial charge in [0.1, 0.15) is 5.69 Å². The van der Waals surface area contributed by atoms with E-state index >= 15 is 0 Å². The molecule has 0 aliphatic carbocycles. The predicted octanol–water partition coefficient (Wildman–Crippen LogP) is 2.81. The van der Waals surface area contributed by atoms with E-state index in [-0.39, 0.29) is 23.1 Å². The summed E-state index contributed by atoms with van der Waals surface area (Å²) in [7, 11) is 2.90. The maximum atomic E-state index is 12.2. The summed E-state index contributed by atoms with van der Waals surface area (Å²) in [6, 6.07) is 10.2. The van der Waals surface area contributed by atoms with E-state index in [2.05, 4.69) is 25.1 Å². The number of para-hydroxylation sites is 2. The molecular weight excluding hydrogens is 416 g/mol. The fourth-order valence-corrected chi connectivity index (χ4v) is 2.86. The molecule has 0 saturated heterocycles. The number of carbonyl (C=O) groups is 1. The monoisotopic (exact) mass is 434 g/mol. The van der Waals surface area contributed by atoms with Crippen molar-refractivity contribution in [3.8, 4) is 46.0 Å². The van der Waals surface area contributed by atoms with Crippen LogP contribution in [0.15, 0.2) is 47.1 Å². The zero-order valence-corrected chi connectivity index (χ0v) is 17.4. The number of carbonyl (C=O) groups excluding carboxylic acids is 1. The van der Waals surface area contributed by atoms with Gasteiger partial charge in [0, 0.05) is 18.7 Å². The molecule has 11 nitrogen and oxygen atoms in total. The zero-order valence-electron chi connectivity index (χ0n) is 17.4. The molecule has 0 fully saturated rings. The van der Waals surface area contributed by atoms with Crippen LogP contribution in [0, 0.1) is 6.92 Å². The predicted molar refractivity (Wildman–Crippen MR) is 111 cm³/mol. The molecule has 2 N–H and O–H groups in total. The molecule has 0 saturated carbocycles. The summed E-state index contributed by atoms with van der Waals surface area (Å²) >= 11 is 0. The molecule has 11 heteroatoms. The highest BCUT2D eigenvalue weighted by molar-refractivity contribution is 5.95. The van der Waals surface area contributed by atoms with Gasteiger partial charge in [-0.05, 0) is 24.3 Å². The Morgan fingerprint density at radius 2 is 1.78 bits per heavy atom. The minimum Gasteiger partial charge on any atom is -0.493 e. The number of pyridine rings is 1. The molecule has 162 valence electrons. The first-order valence-electron chi connectivity index (χ1n) is 9.34. The fourth-order valence-electron chi connectivity index (χ4n) is 2.86. The number of aryl methyl sites for hydroxylation is 1. The zero-order chi connectivity index (χ0) is 22.7. The van der Waals surface area contributed by atoms with E-state index in [1.807, 2.05) is 0 Å². The fraction of sp³-hybridized carbons (Fsp3) is 0.143. The molecule has 32 heavy (non-hydrogen) atoms. The van der Waals surface area contributed by atoms with Gasteiger partial charge in [0.15, 0.2) is 23.0 Å². The van der Waals surface area contributed by atoms with Crippen molar-refractivity contribution in [3.05, 3.63) is 54.2 Å². The van der Waals surface area contributed by atoms with Crippen molar-refractivity contribution >= 4 is 5.91 Å². The van der Waals surface area contributed by atoms with Crippen LogP contribution in [0.3, 0.4) is 0 Å². The summed E-state index contributed by atoms with van der Waals surface area (Å²) in [6.45, 7) is 1.67. The number of benzene rings is 1. The minimum absolute atomic E-state index is 0.0171. The van der Waals surface area contributed by atoms with Crippen LogP contribution in [-0.4, -0.2) is 45.2 Å². The van der Waals surface area contributed by atoms with E-state index in [1.54, 1.807) is 43.3 Å². The van der Waals surface area contributed by atoms with Crippen LogP contribution in [-0.2, 0) is 0 Å². The summed E-state index contributed by atoms with van der Waals surface area (Å²) < 4.78 is 21.6. The third-order valence-corrected chi connectivity index (χ3v) is 4.32. The number of nitrogens with two attached hydrogens (primary N) is 1. The molecule has 4 rings (SSSR count). The molecule has 1 aromatic carbocycles. The smallest absolute Gasteiger partial charge is 0.271 e. The summed E-state index contributed by atoms with van der Waals surface area (Å²) in [5, 5.41) is 3.86. The lowest BCUT2D eigenvalue weighted by Crippen LogP contribution is -2.16. The highest BCUT2D eigenvalue weighted by Crippen LogP contribution is 2.38. The Kier molecular flexibility index (Phi) is 5.62. The standard InChI is InChI=1S/C21H18N6O5/c1-11-24-20(27-32-11)13-10-12(8-9-23-13)19-25-16(18(22)28)17(21(26-19)30-3)31-15-7-5-4-6-14(15)29-2/h4-10H,1-3H3,(H2,22,28). The highest BCUT2D eigenvalue weighted by Gasteiger charge is 2.23. The summed E-state index contributed by atoms with van der Waals surface area (Å²) in [4.78, 5) is 29.3. The van der Waals surface area contributed by atoms with Crippen LogP contribution in [0.5, 0.6) is 23.1 Å². The molecular formula is C21H18N6O5. The van der Waals surface area contributed by atoms with E-state index in [0.29, 0.717) is 34.5 Å². The van der Waals surface area contributed by atoms with Crippen LogP contribution in [0.2, 0.25) is 0 Å². The molecule has 0 aliphatic rings. The second-order valence-electron chi connectivity index (χ2n) is 6.42. The Morgan fingerprint density at radius 3 is 2.44 bits per heavy atom. The molecule has 0 spiro atoms. The Morgan fingerprint density at radius 1 is 1.00 bits per heavy atom. The van der Waals surface area contributed by atoms with Crippen LogP contribution >= 0.6 is 0 Å². The normalized spacial score (nSPS) is 10.6. The molecule has 1 amide bonds. The lowest BCUT2D eigenvalue weighted by atomic mass is 10.2. The van der Waals surface area contributed by atoms with Crippen molar-refractivity contribution < 1.29 is 23.5 Å². The first kappa shape index (κ1) is 20.7. The average Bonchev–Trinajstić information content (AvgIpc) is 3.25. The Hall–Kier alpha value is -4.54. The Bertz CT molecular complexity index is 1290. The van der Waals surface area contributed by atoms with Gasteiger partial charge in [-0.2, -0.15) is 9.97 Å². The van der Waals surface area contributed by atoms with Crippen LogP contribution < -0.4 is 19.9 Å². The van der Waals surface area contributed by atoms with Gasteiger partial charge in [-0.1, -0.05) is 17.3 Å². The quantitative estimate of drug-likeness (QED) is 0.460. The number of methoxy groups -OCH3 is 2. The average molecular weight is 434 g/mol. The third kappa shape index (κ3) is 4.03. The number of hydrogen-bond donors (Lipinski definition) is 1. The van der Waals surface area contributed by atoms with E-state index in [1.165, 1.54) is 20.4 Å². The first-order chi connectivity index (χ1) is 15.5. The third-order valence-electron chi connectivity index (χ3n) is 4.32. The summed E-state index contributed by atoms with van der Waals surface area (Å²) in [5.41, 5.74) is 6.40. The maximum absolute atomic E-state index is 12.2. The maximum Gasteiger partial charge on any atom is 0.271 e. The molecule has 4 aromatic rings. The van der Waals surface area contributed by atoms with Gasteiger partial charge in [0.05, 0.1) is 14.2 Å². The van der Waals surface area contributed by atoms with Crippen molar-refractivity contribution in [1.82, 2.24) is 25.1 Å². The topological polar surface area (TPSA) is 148 Å². The van der Waals surface area contributed by atoms with Gasteiger partial charge < -0.3 is 24.5 Å². The Balaban J connectivity index is 1.81. The number of hydrogen-bond acceptors (Lipinski definition) is 10. The molecule has 0 aliphatic heterocycles. The first-order valence-corrected chi connectivity index (χ1v) is 9.34. The van der Waals surface area contributed by atoms with E-state index in [9.17, 15) is 4.79 Å². The van der Waals surface area contributed by atoms with E-state index in [4.69, 9.17) is 24.5 Å². The van der Waals surface area contributed by atoms with Crippen LogP contribution in [0.4, 0.5) is 0 Å². The van der Waals surface area contributed by atoms with Crippen molar-refractivity contribution in [2.45, 2.75) is 6.92 Å². The number of rotatable bonds is 7. The second kappa shape index (κ2) is 8.68. The van der Waals surface area contributed by atoms with Gasteiger partial charge in [-0.15, -0.1) is 0 Å². The lowest BCUT2D eigenvalue weighted by Gasteiger charge is -2.15. The second-order valence-corrected chi connectivity index (χ2v) is 6.42. The van der Waals surface area contributed by atoms with Crippen molar-refractivity contribution in [1.29, 1.82) is 0 Å². The molecule has 0 radical (unpaired) electrons. The van der Waals surface area contributed by atoms with Crippen LogP contribution in [0.25, 0.3) is 22.9 Å². The molecule has 0 atom stereocenters. The number of amides is 1. The molecule has 0 bridgehead atoms. The van der Waals surface area contributed by atoms with Crippen molar-refractivity contribution in [2.75, 3.05) is 14.2 Å². The highest BCUT2D eigenvalue weighted by atomic mass is 16.5. The SMILES string of the molecule is COc1ccccc1Oc1c(OC)nc(-c2ccnc(-c3noc(C)n3)c2)nc1C(N)=O. The largest absolute Gasteiger partial charge is 0.493 e. The van der Waals surface area contributed by atoms with Gasteiger partial charge in [0.2, 0.25) is 17.5 Å². The van der Waals surface area contributed by atoms with Gasteiger partial charge in [0.25, 0.3) is 11.8 Å². The molecule has 3 heterocycles. The summed E-state index contributed by atoms with van der Waals surface area (Å²) in [5.74, 6) is 0.835. The van der Waals surface area contributed by atoms with Crippen LogP contribution in [0.1, 0.15) is 16.4 Å². The van der Waals surface area contributed by atoms with Gasteiger partial charge in [-0.3, -0.25) is 9.78 Å². The molecule has 3 aromatic heterocycles. The lowest BCUT2D eigenvalue weighted by molar-refractivity contribution is 0.0992. The molecule has 0 unspecified atom stereocenters. The van der Waals surface area contributed by atoms with Gasteiger partial charge in [-0.25, -0.2) is 4.98 Å². The van der Waals surface area contributed by atoms with E-state index < -0.39 is 5.91 Å². The van der Waals surface area contributed by atoms with E-state index in [0.717, 1.165) is 0 Å². The Labute approximate surface area is 182 Å². The number of nitrogens with zero attached hydrogens (tertiary/aromatic N) is 5. The summed E-state index contributed by atoms with van der Waals surface area (Å²) in [6.07, 6.45) is 1.54. The van der Waals surface area contributed by atoms with Crippen molar-refractivity contribution in [2.24, 2.45) is 5.73 Å². The minimum atomic E-state index is -0.820. The van der Waals surface area contributed by atoms with Crippen molar-refractivity contribution in [3.63, 3.8) is 0 Å². The van der Waals surface area contributed by atoms with Gasteiger partial charge >= 0.3 is 0 Å². The number of ether oxygens (including phenoxy) is 3. The number of primary amides is 1. The number of aromatic nitrogens is 5.